The number of carboxylic acids is 1. The van der Waals surface area contributed by atoms with Crippen LogP contribution in [0.3, 0.4) is 0 Å². The van der Waals surface area contributed by atoms with Crippen molar-refractivity contribution < 1.29 is 19.6 Å². The third-order valence-electron chi connectivity index (χ3n) is 2.17. The average Bonchev–Trinajstić information content (AvgIpc) is 2.34. The van der Waals surface area contributed by atoms with Gasteiger partial charge >= 0.3 is 5.97 Å². The van der Waals surface area contributed by atoms with E-state index in [1.807, 2.05) is 0 Å². The largest absolute Gasteiger partial charge is 0.481 e. The highest BCUT2D eigenvalue weighted by Gasteiger charge is 2.10. The summed E-state index contributed by atoms with van der Waals surface area (Å²) in [5, 5.41) is 21.4. The first-order valence-corrected chi connectivity index (χ1v) is 5.25. The Labute approximate surface area is 103 Å². The Balaban J connectivity index is 2.53. The number of non-ortho nitro benzene ring substituents is 1. The monoisotopic (exact) mass is 252 g/mol. The van der Waals surface area contributed by atoms with E-state index in [0.29, 0.717) is 6.42 Å². The number of nitro groups is 1. The first kappa shape index (κ1) is 13.6. The predicted molar refractivity (Wildman–Crippen MR) is 62.3 cm³/mol. The highest BCUT2D eigenvalue weighted by Crippen LogP contribution is 2.12. The van der Waals surface area contributed by atoms with Gasteiger partial charge in [-0.2, -0.15) is 0 Å². The molecule has 18 heavy (non-hydrogen) atoms. The van der Waals surface area contributed by atoms with Gasteiger partial charge in [-0.1, -0.05) is 6.07 Å². The third-order valence-corrected chi connectivity index (χ3v) is 2.17. The quantitative estimate of drug-likeness (QED) is 0.449. The zero-order chi connectivity index (χ0) is 13.5. The molecule has 0 unspecified atom stereocenters. The Morgan fingerprint density at radius 2 is 2.11 bits per heavy atom. The normalized spacial score (nSPS) is 9.78. The Morgan fingerprint density at radius 1 is 1.39 bits per heavy atom. The van der Waals surface area contributed by atoms with E-state index < -0.39 is 16.8 Å². The van der Waals surface area contributed by atoms with E-state index in [2.05, 4.69) is 5.32 Å². The molecular weight excluding hydrogens is 240 g/mol. The molecule has 0 saturated carbocycles. The number of carbonyl (C=O) groups excluding carboxylic acids is 1. The summed E-state index contributed by atoms with van der Waals surface area (Å²) >= 11 is 0. The molecule has 1 amide bonds. The van der Waals surface area contributed by atoms with Crippen LogP contribution in [-0.2, 0) is 4.79 Å². The molecule has 0 spiro atoms. The van der Waals surface area contributed by atoms with Crippen LogP contribution in [0.1, 0.15) is 23.2 Å². The third kappa shape index (κ3) is 4.20. The van der Waals surface area contributed by atoms with Gasteiger partial charge in [0, 0.05) is 30.7 Å². The molecule has 0 atom stereocenters. The van der Waals surface area contributed by atoms with Crippen molar-refractivity contribution in [1.82, 2.24) is 5.32 Å². The summed E-state index contributed by atoms with van der Waals surface area (Å²) in [6.07, 6.45) is 0.283. The van der Waals surface area contributed by atoms with E-state index in [0.717, 1.165) is 0 Å². The van der Waals surface area contributed by atoms with Gasteiger partial charge in [-0.3, -0.25) is 19.7 Å². The molecule has 0 fully saturated rings. The van der Waals surface area contributed by atoms with Crippen molar-refractivity contribution in [2.45, 2.75) is 12.8 Å². The SMILES string of the molecule is O=C(O)CCCNC(=O)c1cccc([N+](=O)[O-])c1. The van der Waals surface area contributed by atoms with Crippen molar-refractivity contribution in [3.05, 3.63) is 39.9 Å². The van der Waals surface area contributed by atoms with Gasteiger partial charge in [-0.05, 0) is 12.5 Å². The lowest BCUT2D eigenvalue weighted by Crippen LogP contribution is -2.24. The first-order valence-electron chi connectivity index (χ1n) is 5.25. The summed E-state index contributed by atoms with van der Waals surface area (Å²) in [6, 6.07) is 5.34. The lowest BCUT2D eigenvalue weighted by molar-refractivity contribution is -0.384. The van der Waals surface area contributed by atoms with Crippen molar-refractivity contribution in [3.8, 4) is 0 Å². The fourth-order valence-corrected chi connectivity index (χ4v) is 1.30. The van der Waals surface area contributed by atoms with Crippen molar-refractivity contribution in [2.75, 3.05) is 6.54 Å². The van der Waals surface area contributed by atoms with E-state index in [-0.39, 0.29) is 24.2 Å². The van der Waals surface area contributed by atoms with E-state index >= 15 is 0 Å². The zero-order valence-corrected chi connectivity index (χ0v) is 9.46. The molecule has 0 aliphatic heterocycles. The number of nitrogens with one attached hydrogen (secondary N) is 1. The zero-order valence-electron chi connectivity index (χ0n) is 9.46. The van der Waals surface area contributed by atoms with E-state index in [4.69, 9.17) is 5.11 Å². The number of amides is 1. The number of aliphatic carboxylic acids is 1. The van der Waals surface area contributed by atoms with Crippen LogP contribution in [0.4, 0.5) is 5.69 Å². The van der Waals surface area contributed by atoms with E-state index in [9.17, 15) is 19.7 Å². The molecule has 0 aliphatic rings. The van der Waals surface area contributed by atoms with Crippen LogP contribution < -0.4 is 5.32 Å². The number of carboxylic acid groups (broad SMARTS) is 1. The van der Waals surface area contributed by atoms with Crippen LogP contribution in [0.15, 0.2) is 24.3 Å². The number of rotatable bonds is 6. The lowest BCUT2D eigenvalue weighted by Gasteiger charge is -2.03. The Hall–Kier alpha value is -2.44. The van der Waals surface area contributed by atoms with Gasteiger partial charge in [0.25, 0.3) is 11.6 Å². The summed E-state index contributed by atoms with van der Waals surface area (Å²) in [7, 11) is 0. The maximum Gasteiger partial charge on any atom is 0.303 e. The van der Waals surface area contributed by atoms with Gasteiger partial charge in [0.1, 0.15) is 0 Å². The molecule has 0 heterocycles. The fraction of sp³-hybridized carbons (Fsp3) is 0.273. The predicted octanol–water partition coefficient (Wildman–Crippen LogP) is 1.19. The number of hydrogen-bond donors (Lipinski definition) is 2. The molecule has 1 rings (SSSR count). The van der Waals surface area contributed by atoms with Gasteiger partial charge in [0.15, 0.2) is 0 Å². The van der Waals surface area contributed by atoms with Gasteiger partial charge in [0.05, 0.1) is 4.92 Å². The van der Waals surface area contributed by atoms with Crippen molar-refractivity contribution >= 4 is 17.6 Å². The van der Waals surface area contributed by atoms with E-state index in [1.165, 1.54) is 24.3 Å². The topological polar surface area (TPSA) is 110 Å². The fourth-order valence-electron chi connectivity index (χ4n) is 1.30. The first-order chi connectivity index (χ1) is 8.50. The molecule has 1 aromatic carbocycles. The minimum atomic E-state index is -0.931. The van der Waals surface area contributed by atoms with Crippen LogP contribution in [0, 0.1) is 10.1 Å². The Kier molecular flexibility index (Phi) is 4.79. The Morgan fingerprint density at radius 3 is 2.72 bits per heavy atom. The molecule has 7 heteroatoms. The Bertz CT molecular complexity index is 472. The van der Waals surface area contributed by atoms with Crippen molar-refractivity contribution in [2.24, 2.45) is 0 Å². The van der Waals surface area contributed by atoms with Gasteiger partial charge in [-0.15, -0.1) is 0 Å². The second kappa shape index (κ2) is 6.33. The molecule has 0 aliphatic carbocycles. The average molecular weight is 252 g/mol. The second-order valence-corrected chi connectivity index (χ2v) is 3.56. The molecule has 96 valence electrons. The highest BCUT2D eigenvalue weighted by atomic mass is 16.6. The lowest BCUT2D eigenvalue weighted by atomic mass is 10.2. The van der Waals surface area contributed by atoms with Gasteiger partial charge in [-0.25, -0.2) is 0 Å². The van der Waals surface area contributed by atoms with Gasteiger partial charge < -0.3 is 10.4 Å². The van der Waals surface area contributed by atoms with E-state index in [1.54, 1.807) is 0 Å². The maximum absolute atomic E-state index is 11.6. The molecule has 2 N–H and O–H groups in total. The van der Waals surface area contributed by atoms with Crippen LogP contribution in [0.5, 0.6) is 0 Å². The molecule has 1 aromatic rings. The standard InChI is InChI=1S/C11H12N2O5/c14-10(15)5-2-6-12-11(16)8-3-1-4-9(7-8)13(17)18/h1,3-4,7H,2,5-6H2,(H,12,16)(H,14,15). The number of carbonyl (C=O) groups is 2. The number of nitrogens with zero attached hydrogens (tertiary/aromatic N) is 1. The minimum absolute atomic E-state index is 0.0325. The molecular formula is C11H12N2O5. The summed E-state index contributed by atoms with van der Waals surface area (Å²) in [5.41, 5.74) is 0.0210. The minimum Gasteiger partial charge on any atom is -0.481 e. The second-order valence-electron chi connectivity index (χ2n) is 3.56. The molecule has 0 saturated heterocycles. The van der Waals surface area contributed by atoms with Gasteiger partial charge in [0.2, 0.25) is 0 Å². The summed E-state index contributed by atoms with van der Waals surface area (Å²) in [5.74, 6) is -1.39. The highest BCUT2D eigenvalue weighted by molar-refractivity contribution is 5.94. The summed E-state index contributed by atoms with van der Waals surface area (Å²) in [4.78, 5) is 31.8. The smallest absolute Gasteiger partial charge is 0.303 e. The maximum atomic E-state index is 11.6. The molecule has 0 aromatic heterocycles. The number of hydrogen-bond acceptors (Lipinski definition) is 4. The van der Waals surface area contributed by atoms with Crippen LogP contribution in [0.25, 0.3) is 0 Å². The number of benzene rings is 1. The summed E-state index contributed by atoms with van der Waals surface area (Å²) in [6.45, 7) is 0.216. The van der Waals surface area contributed by atoms with Crippen LogP contribution >= 0.6 is 0 Å². The number of nitro benzene ring substituents is 1. The molecule has 0 bridgehead atoms. The van der Waals surface area contributed by atoms with Crippen molar-refractivity contribution in [3.63, 3.8) is 0 Å². The molecule has 7 nitrogen and oxygen atoms in total. The van der Waals surface area contributed by atoms with Crippen LogP contribution in [0.2, 0.25) is 0 Å². The molecule has 0 radical (unpaired) electrons. The summed E-state index contributed by atoms with van der Waals surface area (Å²) < 4.78 is 0. The van der Waals surface area contributed by atoms with Crippen LogP contribution in [-0.4, -0.2) is 28.5 Å². The van der Waals surface area contributed by atoms with Crippen molar-refractivity contribution in [1.29, 1.82) is 0 Å².